The Balaban J connectivity index is 1.33. The summed E-state index contributed by atoms with van der Waals surface area (Å²) >= 11 is 7.42. The van der Waals surface area contributed by atoms with Gasteiger partial charge in [-0.3, -0.25) is 4.57 Å². The maximum atomic E-state index is 12.7. The van der Waals surface area contributed by atoms with E-state index in [1.807, 2.05) is 29.6 Å². The lowest BCUT2D eigenvalue weighted by Crippen LogP contribution is -2.38. The van der Waals surface area contributed by atoms with Crippen LogP contribution in [-0.4, -0.2) is 26.9 Å². The number of hydrogen-bond acceptors (Lipinski definition) is 4. The van der Waals surface area contributed by atoms with E-state index in [0.717, 1.165) is 29.1 Å². The zero-order valence-corrected chi connectivity index (χ0v) is 16.7. The number of aromatic nitrogens is 3. The predicted molar refractivity (Wildman–Crippen MR) is 110 cm³/mol. The molecule has 0 aliphatic heterocycles. The zero-order valence-electron chi connectivity index (χ0n) is 15.1. The van der Waals surface area contributed by atoms with E-state index in [0.29, 0.717) is 24.7 Å². The van der Waals surface area contributed by atoms with Gasteiger partial charge in [0.2, 0.25) is 0 Å². The Morgan fingerprint density at radius 3 is 2.68 bits per heavy atom. The van der Waals surface area contributed by atoms with Crippen LogP contribution in [0.1, 0.15) is 24.4 Å². The van der Waals surface area contributed by atoms with E-state index in [-0.39, 0.29) is 17.8 Å². The summed E-state index contributed by atoms with van der Waals surface area (Å²) in [6.45, 7) is 1.05. The number of halogens is 1. The normalized spacial score (nSPS) is 13.5. The molecule has 146 valence electrons. The molecule has 0 bridgehead atoms. The second kappa shape index (κ2) is 8.20. The molecule has 1 fully saturated rings. The van der Waals surface area contributed by atoms with Crippen molar-refractivity contribution in [3.63, 3.8) is 0 Å². The Morgan fingerprint density at radius 1 is 1.21 bits per heavy atom. The number of hydrogen-bond donors (Lipinski definition) is 2. The molecule has 0 radical (unpaired) electrons. The van der Waals surface area contributed by atoms with Crippen molar-refractivity contribution < 1.29 is 4.79 Å². The lowest BCUT2D eigenvalue weighted by Gasteiger charge is -2.07. The molecule has 1 aliphatic rings. The van der Waals surface area contributed by atoms with Crippen molar-refractivity contribution in [2.45, 2.75) is 32.0 Å². The summed E-state index contributed by atoms with van der Waals surface area (Å²) in [5.41, 5.74) is 0.841. The Hall–Kier alpha value is -2.58. The van der Waals surface area contributed by atoms with Crippen LogP contribution in [0.5, 0.6) is 0 Å². The fraction of sp³-hybridized carbons (Fsp3) is 0.316. The fourth-order valence-electron chi connectivity index (χ4n) is 2.92. The van der Waals surface area contributed by atoms with Crippen LogP contribution in [0.15, 0.2) is 46.6 Å². The third-order valence-corrected chi connectivity index (χ3v) is 5.62. The first-order chi connectivity index (χ1) is 13.6. The lowest BCUT2D eigenvalue weighted by molar-refractivity contribution is 0.240. The van der Waals surface area contributed by atoms with Crippen LogP contribution in [0.2, 0.25) is 5.02 Å². The molecule has 0 atom stereocenters. The Bertz CT molecular complexity index is 1010. The number of carbonyl (C=O) groups is 1. The van der Waals surface area contributed by atoms with Gasteiger partial charge in [-0.1, -0.05) is 29.8 Å². The van der Waals surface area contributed by atoms with Crippen LogP contribution in [-0.2, 0) is 13.1 Å². The van der Waals surface area contributed by atoms with Crippen LogP contribution in [0.3, 0.4) is 0 Å². The highest BCUT2D eigenvalue weighted by Gasteiger charge is 2.30. The van der Waals surface area contributed by atoms with Crippen molar-refractivity contribution in [1.82, 2.24) is 25.0 Å². The average molecular weight is 418 g/mol. The summed E-state index contributed by atoms with van der Waals surface area (Å²) < 4.78 is 3.22. The van der Waals surface area contributed by atoms with Gasteiger partial charge in [-0.2, -0.15) is 0 Å². The van der Waals surface area contributed by atoms with E-state index >= 15 is 0 Å². The van der Waals surface area contributed by atoms with Crippen molar-refractivity contribution in [2.75, 3.05) is 6.54 Å². The molecule has 1 saturated carbocycles. The van der Waals surface area contributed by atoms with Crippen LogP contribution in [0.25, 0.3) is 10.7 Å². The molecule has 0 unspecified atom stereocenters. The van der Waals surface area contributed by atoms with Crippen LogP contribution < -0.4 is 16.3 Å². The summed E-state index contributed by atoms with van der Waals surface area (Å²) in [7, 11) is 0. The minimum atomic E-state index is -0.289. The van der Waals surface area contributed by atoms with Crippen molar-refractivity contribution in [1.29, 1.82) is 0 Å². The van der Waals surface area contributed by atoms with Gasteiger partial charge in [-0.15, -0.1) is 16.4 Å². The van der Waals surface area contributed by atoms with Crippen LogP contribution in [0.4, 0.5) is 4.79 Å². The first-order valence-electron chi connectivity index (χ1n) is 9.11. The smallest absolute Gasteiger partial charge is 0.336 e. The van der Waals surface area contributed by atoms with Crippen molar-refractivity contribution in [2.24, 2.45) is 0 Å². The highest BCUT2D eigenvalue weighted by Crippen LogP contribution is 2.37. The highest BCUT2D eigenvalue weighted by atomic mass is 35.5. The minimum absolute atomic E-state index is 0.116. The fourth-order valence-corrected chi connectivity index (χ4v) is 3.76. The number of amides is 2. The number of nitrogens with zero attached hydrogens (tertiary/aromatic N) is 3. The Morgan fingerprint density at radius 2 is 2.00 bits per heavy atom. The maximum absolute atomic E-state index is 12.7. The van der Waals surface area contributed by atoms with Gasteiger partial charge in [-0.05, 0) is 42.0 Å². The highest BCUT2D eigenvalue weighted by molar-refractivity contribution is 7.13. The molecule has 3 aromatic rings. The van der Waals surface area contributed by atoms with E-state index in [1.165, 1.54) is 4.68 Å². The third kappa shape index (κ3) is 4.28. The number of urea groups is 1. The van der Waals surface area contributed by atoms with Gasteiger partial charge in [0.1, 0.15) is 0 Å². The number of nitrogens with one attached hydrogen (secondary N) is 2. The minimum Gasteiger partial charge on any atom is -0.336 e. The average Bonchev–Trinajstić information content (AvgIpc) is 3.26. The van der Waals surface area contributed by atoms with Gasteiger partial charge < -0.3 is 10.6 Å². The molecule has 0 spiro atoms. The molecular weight excluding hydrogens is 398 g/mol. The molecule has 0 saturated heterocycles. The van der Waals surface area contributed by atoms with Crippen LogP contribution >= 0.6 is 22.9 Å². The monoisotopic (exact) mass is 417 g/mol. The van der Waals surface area contributed by atoms with E-state index in [4.69, 9.17) is 11.6 Å². The third-order valence-electron chi connectivity index (χ3n) is 4.50. The molecule has 28 heavy (non-hydrogen) atoms. The summed E-state index contributed by atoms with van der Waals surface area (Å²) in [6.07, 6.45) is 2.02. The van der Waals surface area contributed by atoms with Gasteiger partial charge in [0.15, 0.2) is 5.82 Å². The molecule has 9 heteroatoms. The van der Waals surface area contributed by atoms with Crippen molar-refractivity contribution in [3.05, 3.63) is 62.8 Å². The van der Waals surface area contributed by atoms with E-state index in [1.54, 1.807) is 28.0 Å². The van der Waals surface area contributed by atoms with E-state index in [9.17, 15) is 9.59 Å². The molecule has 2 amide bonds. The first-order valence-corrected chi connectivity index (χ1v) is 10.4. The van der Waals surface area contributed by atoms with Gasteiger partial charge in [-0.25, -0.2) is 14.3 Å². The van der Waals surface area contributed by atoms with E-state index < -0.39 is 0 Å². The van der Waals surface area contributed by atoms with Crippen molar-refractivity contribution in [3.8, 4) is 10.7 Å². The summed E-state index contributed by atoms with van der Waals surface area (Å²) in [5.74, 6) is 0.717. The predicted octanol–water partition coefficient (Wildman–Crippen LogP) is 3.26. The Kier molecular flexibility index (Phi) is 5.50. The topological polar surface area (TPSA) is 81.0 Å². The molecule has 2 N–H and O–H groups in total. The van der Waals surface area contributed by atoms with Gasteiger partial charge in [0, 0.05) is 24.2 Å². The SMILES string of the molecule is O=C(NCCn1nc(-c2cccs2)n(C2CC2)c1=O)NCc1ccc(Cl)cc1. The number of thiophene rings is 1. The van der Waals surface area contributed by atoms with Gasteiger partial charge in [0.25, 0.3) is 0 Å². The zero-order chi connectivity index (χ0) is 19.5. The van der Waals surface area contributed by atoms with Crippen molar-refractivity contribution >= 4 is 29.0 Å². The number of benzene rings is 1. The summed E-state index contributed by atoms with van der Waals surface area (Å²) in [4.78, 5) is 25.7. The maximum Gasteiger partial charge on any atom is 0.346 e. The quantitative estimate of drug-likeness (QED) is 0.619. The number of rotatable bonds is 7. The lowest BCUT2D eigenvalue weighted by atomic mass is 10.2. The summed E-state index contributed by atoms with van der Waals surface area (Å²) in [5, 5.41) is 12.7. The molecule has 7 nitrogen and oxygen atoms in total. The number of carbonyl (C=O) groups excluding carboxylic acids is 1. The first kappa shape index (κ1) is 18.8. The standard InChI is InChI=1S/C19H20ClN5O2S/c20-14-5-3-13(4-6-14)12-22-18(26)21-9-10-24-19(27)25(15-7-8-15)17(23-24)16-2-1-11-28-16/h1-6,11,15H,7-10,12H2,(H2,21,22,26). The molecule has 4 rings (SSSR count). The summed E-state index contributed by atoms with van der Waals surface area (Å²) in [6, 6.07) is 11.2. The molecule has 1 aromatic carbocycles. The second-order valence-electron chi connectivity index (χ2n) is 6.64. The van der Waals surface area contributed by atoms with E-state index in [2.05, 4.69) is 15.7 Å². The largest absolute Gasteiger partial charge is 0.346 e. The molecular formula is C19H20ClN5O2S. The van der Waals surface area contributed by atoms with Crippen LogP contribution in [0, 0.1) is 0 Å². The Labute approximate surface area is 170 Å². The molecule has 2 heterocycles. The van der Waals surface area contributed by atoms with Gasteiger partial charge in [0.05, 0.1) is 11.4 Å². The van der Waals surface area contributed by atoms with Gasteiger partial charge >= 0.3 is 11.7 Å². The second-order valence-corrected chi connectivity index (χ2v) is 8.03. The molecule has 1 aliphatic carbocycles. The molecule has 2 aromatic heterocycles.